The highest BCUT2D eigenvalue weighted by atomic mass is 19.4. The summed E-state index contributed by atoms with van der Waals surface area (Å²) in [7, 11) is 0. The van der Waals surface area contributed by atoms with Crippen molar-refractivity contribution >= 4 is 0 Å². The van der Waals surface area contributed by atoms with Gasteiger partial charge in [-0.15, -0.1) is 13.2 Å². The minimum absolute atomic E-state index is 0.0535. The lowest BCUT2D eigenvalue weighted by molar-refractivity contribution is -0.275. The van der Waals surface area contributed by atoms with Gasteiger partial charge in [0.05, 0.1) is 6.10 Å². The predicted octanol–water partition coefficient (Wildman–Crippen LogP) is 6.22. The van der Waals surface area contributed by atoms with E-state index in [0.29, 0.717) is 23.5 Å². The number of ether oxygens (including phenoxy) is 1. The van der Waals surface area contributed by atoms with Crippen LogP contribution in [0.15, 0.2) is 48.5 Å². The fourth-order valence-corrected chi connectivity index (χ4v) is 4.10. The van der Waals surface area contributed by atoms with E-state index in [-0.39, 0.29) is 17.8 Å². The van der Waals surface area contributed by atoms with Crippen molar-refractivity contribution in [3.63, 3.8) is 0 Å². The van der Waals surface area contributed by atoms with E-state index in [1.807, 2.05) is 43.3 Å². The molecule has 0 unspecified atom stereocenters. The number of benzene rings is 2. The first-order chi connectivity index (χ1) is 13.3. The van der Waals surface area contributed by atoms with Gasteiger partial charge in [0, 0.05) is 11.5 Å². The van der Waals surface area contributed by atoms with Gasteiger partial charge in [0.15, 0.2) is 0 Å². The van der Waals surface area contributed by atoms with Crippen molar-refractivity contribution in [1.29, 1.82) is 0 Å². The van der Waals surface area contributed by atoms with Crippen LogP contribution in [0.3, 0.4) is 0 Å². The molecule has 0 radical (unpaired) electrons. The average molecular weight is 392 g/mol. The van der Waals surface area contributed by atoms with Gasteiger partial charge in [0.25, 0.3) is 0 Å². The maximum atomic E-state index is 13.2. The van der Waals surface area contributed by atoms with E-state index in [4.69, 9.17) is 0 Å². The normalized spacial score (nSPS) is 21.3. The predicted molar refractivity (Wildman–Crippen MR) is 103 cm³/mol. The Morgan fingerprint density at radius 2 is 1.68 bits per heavy atom. The highest BCUT2D eigenvalue weighted by molar-refractivity contribution is 5.47. The molecule has 0 heterocycles. The van der Waals surface area contributed by atoms with Crippen molar-refractivity contribution in [3.05, 3.63) is 65.2 Å². The van der Waals surface area contributed by atoms with Crippen LogP contribution in [0.2, 0.25) is 0 Å². The third-order valence-corrected chi connectivity index (χ3v) is 5.75. The van der Waals surface area contributed by atoms with Crippen molar-refractivity contribution in [2.75, 3.05) is 0 Å². The van der Waals surface area contributed by atoms with Gasteiger partial charge in [0.1, 0.15) is 5.75 Å². The molecule has 2 nitrogen and oxygen atoms in total. The number of aryl methyl sites for hydroxylation is 1. The third-order valence-electron chi connectivity index (χ3n) is 5.75. The summed E-state index contributed by atoms with van der Waals surface area (Å²) >= 11 is 0. The monoisotopic (exact) mass is 392 g/mol. The molecule has 5 heteroatoms. The summed E-state index contributed by atoms with van der Waals surface area (Å²) in [6, 6.07) is 14.8. The van der Waals surface area contributed by atoms with Gasteiger partial charge in [-0.05, 0) is 55.6 Å². The van der Waals surface area contributed by atoms with Crippen LogP contribution in [0.4, 0.5) is 13.2 Å². The lowest BCUT2D eigenvalue weighted by atomic mass is 9.83. The third kappa shape index (κ3) is 5.51. The van der Waals surface area contributed by atoms with E-state index in [9.17, 15) is 18.3 Å². The Morgan fingerprint density at radius 1 is 1.00 bits per heavy atom. The van der Waals surface area contributed by atoms with Crippen LogP contribution in [0.1, 0.15) is 61.6 Å². The molecule has 0 aromatic heterocycles. The maximum absolute atomic E-state index is 13.2. The number of rotatable bonds is 6. The Balaban J connectivity index is 1.84. The second-order valence-electron chi connectivity index (χ2n) is 7.73. The van der Waals surface area contributed by atoms with Crippen LogP contribution >= 0.6 is 0 Å². The number of aliphatic hydroxyl groups is 1. The van der Waals surface area contributed by atoms with Crippen LogP contribution < -0.4 is 4.74 Å². The van der Waals surface area contributed by atoms with Gasteiger partial charge in [-0.25, -0.2) is 0 Å². The molecular weight excluding hydrogens is 365 g/mol. The van der Waals surface area contributed by atoms with Crippen molar-refractivity contribution in [2.24, 2.45) is 5.92 Å². The summed E-state index contributed by atoms with van der Waals surface area (Å²) in [5.41, 5.74) is 2.11. The molecule has 0 spiro atoms. The Kier molecular flexibility index (Phi) is 6.65. The molecule has 1 atom stereocenters. The summed E-state index contributed by atoms with van der Waals surface area (Å²) in [5.74, 6) is 0.183. The van der Waals surface area contributed by atoms with Crippen molar-refractivity contribution in [3.8, 4) is 5.75 Å². The molecule has 1 N–H and O–H groups in total. The van der Waals surface area contributed by atoms with E-state index in [1.165, 1.54) is 0 Å². The number of hydrogen-bond acceptors (Lipinski definition) is 2. The topological polar surface area (TPSA) is 29.5 Å². The minimum atomic E-state index is -4.73. The zero-order chi connectivity index (χ0) is 20.1. The number of alkyl halides is 3. The SMILES string of the molecule is C[C@@H](c1ccccc1)c1cccc(CCC2CCC(O)CC2)c1OC(F)(F)F. The van der Waals surface area contributed by atoms with Crippen molar-refractivity contribution in [1.82, 2.24) is 0 Å². The molecule has 1 fully saturated rings. The van der Waals surface area contributed by atoms with E-state index < -0.39 is 6.36 Å². The molecule has 1 aliphatic rings. The van der Waals surface area contributed by atoms with Crippen molar-refractivity contribution < 1.29 is 23.0 Å². The number of aliphatic hydroxyl groups excluding tert-OH is 1. The first-order valence-corrected chi connectivity index (χ1v) is 9.94. The lowest BCUT2D eigenvalue weighted by Crippen LogP contribution is -2.21. The van der Waals surface area contributed by atoms with Gasteiger partial charge in [-0.1, -0.05) is 55.5 Å². The second-order valence-corrected chi connectivity index (χ2v) is 7.73. The number of hydrogen-bond donors (Lipinski definition) is 1. The lowest BCUT2D eigenvalue weighted by Gasteiger charge is -2.26. The van der Waals surface area contributed by atoms with Crippen LogP contribution in [0, 0.1) is 5.92 Å². The fourth-order valence-electron chi connectivity index (χ4n) is 4.10. The molecule has 0 amide bonds. The highest BCUT2D eigenvalue weighted by Crippen LogP contribution is 2.38. The summed E-state index contributed by atoms with van der Waals surface area (Å²) < 4.78 is 44.0. The molecule has 3 rings (SSSR count). The maximum Gasteiger partial charge on any atom is 0.573 e. The summed E-state index contributed by atoms with van der Waals surface area (Å²) in [4.78, 5) is 0. The molecule has 0 bridgehead atoms. The van der Waals surface area contributed by atoms with E-state index in [0.717, 1.165) is 37.7 Å². The van der Waals surface area contributed by atoms with E-state index in [1.54, 1.807) is 12.1 Å². The van der Waals surface area contributed by atoms with Crippen LogP contribution in [-0.2, 0) is 6.42 Å². The Morgan fingerprint density at radius 3 is 2.32 bits per heavy atom. The molecule has 0 saturated heterocycles. The first-order valence-electron chi connectivity index (χ1n) is 9.94. The zero-order valence-corrected chi connectivity index (χ0v) is 16.1. The Labute approximate surface area is 164 Å². The summed E-state index contributed by atoms with van der Waals surface area (Å²) in [6.07, 6.45) is -0.186. The smallest absolute Gasteiger partial charge is 0.405 e. The molecule has 0 aliphatic heterocycles. The van der Waals surface area contributed by atoms with Gasteiger partial charge in [-0.2, -0.15) is 0 Å². The Bertz CT molecular complexity index is 750. The average Bonchev–Trinajstić information content (AvgIpc) is 2.67. The van der Waals surface area contributed by atoms with Crippen LogP contribution in [0.5, 0.6) is 5.75 Å². The minimum Gasteiger partial charge on any atom is -0.405 e. The van der Waals surface area contributed by atoms with Gasteiger partial charge >= 0.3 is 6.36 Å². The van der Waals surface area contributed by atoms with Gasteiger partial charge in [0.2, 0.25) is 0 Å². The molecule has 152 valence electrons. The summed E-state index contributed by atoms with van der Waals surface area (Å²) in [6.45, 7) is 1.90. The molecule has 2 aromatic rings. The van der Waals surface area contributed by atoms with E-state index in [2.05, 4.69) is 4.74 Å². The van der Waals surface area contributed by atoms with Gasteiger partial charge in [-0.3, -0.25) is 0 Å². The molecular formula is C23H27F3O2. The molecule has 28 heavy (non-hydrogen) atoms. The Hall–Kier alpha value is -2.01. The molecule has 1 saturated carbocycles. The first kappa shape index (κ1) is 20.7. The second kappa shape index (κ2) is 8.99. The quantitative estimate of drug-likeness (QED) is 0.632. The number of para-hydroxylation sites is 1. The van der Waals surface area contributed by atoms with E-state index >= 15 is 0 Å². The number of halogens is 3. The highest BCUT2D eigenvalue weighted by Gasteiger charge is 2.34. The standard InChI is InChI=1S/C23H27F3O2/c1-16(18-6-3-2-4-7-18)21-9-5-8-19(22(21)28-23(24,25)26)13-10-17-11-14-20(27)15-12-17/h2-9,16-17,20,27H,10-15H2,1H3/t16-,17?,20?/m0/s1. The van der Waals surface area contributed by atoms with Crippen LogP contribution in [0.25, 0.3) is 0 Å². The molecule has 1 aliphatic carbocycles. The van der Waals surface area contributed by atoms with Crippen LogP contribution in [-0.4, -0.2) is 17.6 Å². The molecule has 2 aromatic carbocycles. The summed E-state index contributed by atoms with van der Waals surface area (Å²) in [5, 5.41) is 9.64. The zero-order valence-electron chi connectivity index (χ0n) is 16.1. The fraction of sp³-hybridized carbons (Fsp3) is 0.478. The largest absolute Gasteiger partial charge is 0.573 e. The van der Waals surface area contributed by atoms with Gasteiger partial charge < -0.3 is 9.84 Å². The van der Waals surface area contributed by atoms with Crippen molar-refractivity contribution in [2.45, 2.75) is 63.8 Å².